The van der Waals surface area contributed by atoms with Crippen molar-refractivity contribution < 1.29 is 14.3 Å². The zero-order valence-electron chi connectivity index (χ0n) is 19.4. The molecule has 0 aliphatic carbocycles. The molecule has 0 saturated carbocycles. The van der Waals surface area contributed by atoms with Crippen molar-refractivity contribution in [2.24, 2.45) is 5.73 Å². The lowest BCUT2D eigenvalue weighted by Crippen LogP contribution is -2.48. The fourth-order valence-corrected chi connectivity index (χ4v) is 5.14. The van der Waals surface area contributed by atoms with Crippen molar-refractivity contribution in [1.29, 1.82) is 0 Å². The maximum absolute atomic E-state index is 12.6. The largest absolute Gasteiger partial charge is 0.481 e. The maximum Gasteiger partial charge on any atom is 0.252 e. The van der Waals surface area contributed by atoms with Crippen molar-refractivity contribution in [1.82, 2.24) is 19.9 Å². The van der Waals surface area contributed by atoms with Crippen molar-refractivity contribution >= 4 is 34.5 Å². The van der Waals surface area contributed by atoms with E-state index in [0.717, 1.165) is 28.8 Å². The Hall–Kier alpha value is -2.99. The minimum absolute atomic E-state index is 0.0242. The molecule has 0 spiro atoms. The standard InChI is InChI=1S/C24H28N6O4S/c1-33-21-8-2-14-3-9-22(32)30(24(14)29-21)11-17(25)18-6-4-16(12-34-18)26-10-15-5-7-19-23(27-15)28-20(31)13-35-19/h2-3,5,7-9,16-18,26H,4,6,10-13,25H2,1H3,(H,27,28,31)/t16-,17+,18+/m1/s1. The van der Waals surface area contributed by atoms with E-state index in [2.05, 4.69) is 20.6 Å². The van der Waals surface area contributed by atoms with E-state index < -0.39 is 0 Å². The van der Waals surface area contributed by atoms with Gasteiger partial charge in [0.1, 0.15) is 11.5 Å². The van der Waals surface area contributed by atoms with Gasteiger partial charge in [-0.05, 0) is 37.1 Å². The van der Waals surface area contributed by atoms with Gasteiger partial charge in [0, 0.05) is 42.7 Å². The molecule has 10 nitrogen and oxygen atoms in total. The number of nitrogens with two attached hydrogens (primary N) is 1. The topological polar surface area (TPSA) is 133 Å². The van der Waals surface area contributed by atoms with Crippen LogP contribution in [0.4, 0.5) is 5.82 Å². The number of nitrogens with zero attached hydrogens (tertiary/aromatic N) is 3. The highest BCUT2D eigenvalue weighted by atomic mass is 32.2. The molecule has 5 rings (SSSR count). The van der Waals surface area contributed by atoms with Crippen LogP contribution in [0.15, 0.2) is 46.1 Å². The molecule has 0 radical (unpaired) electrons. The molecule has 184 valence electrons. The van der Waals surface area contributed by atoms with Crippen LogP contribution in [0.1, 0.15) is 18.5 Å². The van der Waals surface area contributed by atoms with Crippen molar-refractivity contribution in [3.63, 3.8) is 0 Å². The molecule has 1 fully saturated rings. The molecule has 3 aromatic rings. The predicted molar refractivity (Wildman–Crippen MR) is 134 cm³/mol. The Morgan fingerprint density at radius 2 is 2.09 bits per heavy atom. The first-order valence-electron chi connectivity index (χ1n) is 11.6. The Morgan fingerprint density at radius 1 is 1.23 bits per heavy atom. The van der Waals surface area contributed by atoms with Gasteiger partial charge in [0.2, 0.25) is 11.8 Å². The SMILES string of the molecule is COc1ccc2ccc(=O)n(C[C@H](N)[C@@H]3CC[C@@H](NCc4ccc5c(n4)NC(=O)CS5)CO3)c2n1. The van der Waals surface area contributed by atoms with Gasteiger partial charge in [-0.25, -0.2) is 4.98 Å². The van der Waals surface area contributed by atoms with E-state index in [9.17, 15) is 9.59 Å². The van der Waals surface area contributed by atoms with E-state index in [4.69, 9.17) is 15.2 Å². The molecule has 3 atom stereocenters. The Labute approximate surface area is 206 Å². The number of pyridine rings is 3. The number of thioether (sulfide) groups is 1. The summed E-state index contributed by atoms with van der Waals surface area (Å²) in [5, 5.41) is 7.16. The average Bonchev–Trinajstić information content (AvgIpc) is 2.88. The third-order valence-corrected chi connectivity index (χ3v) is 7.35. The molecule has 3 aromatic heterocycles. The van der Waals surface area contributed by atoms with Crippen molar-refractivity contribution in [3.8, 4) is 5.88 Å². The highest BCUT2D eigenvalue weighted by Crippen LogP contribution is 2.29. The molecule has 4 N–H and O–H groups in total. The van der Waals surface area contributed by atoms with Crippen molar-refractivity contribution in [2.75, 3.05) is 24.8 Å². The summed E-state index contributed by atoms with van der Waals surface area (Å²) in [6.07, 6.45) is 1.51. The number of methoxy groups -OCH3 is 1. The van der Waals surface area contributed by atoms with Crippen LogP contribution in [-0.4, -0.2) is 58.1 Å². The number of fused-ring (bicyclic) bond motifs is 2. The third kappa shape index (κ3) is 5.32. The summed E-state index contributed by atoms with van der Waals surface area (Å²) in [5.74, 6) is 1.48. The lowest BCUT2D eigenvalue weighted by Gasteiger charge is -2.33. The Kier molecular flexibility index (Phi) is 7.00. The third-order valence-electron chi connectivity index (χ3n) is 6.30. The van der Waals surface area contributed by atoms with Crippen LogP contribution in [0.25, 0.3) is 11.0 Å². The van der Waals surface area contributed by atoms with E-state index in [1.807, 2.05) is 18.2 Å². The summed E-state index contributed by atoms with van der Waals surface area (Å²) < 4.78 is 12.9. The number of aromatic nitrogens is 3. The molecule has 0 bridgehead atoms. The Balaban J connectivity index is 1.17. The number of hydrogen-bond acceptors (Lipinski definition) is 9. The zero-order valence-corrected chi connectivity index (χ0v) is 20.2. The van der Waals surface area contributed by atoms with Crippen LogP contribution in [0, 0.1) is 0 Å². The molecule has 5 heterocycles. The lowest BCUT2D eigenvalue weighted by atomic mass is 9.99. The van der Waals surface area contributed by atoms with E-state index in [-0.39, 0.29) is 29.7 Å². The maximum atomic E-state index is 12.6. The zero-order chi connectivity index (χ0) is 24.4. The highest BCUT2D eigenvalue weighted by Gasteiger charge is 2.27. The molecule has 1 saturated heterocycles. The quantitative estimate of drug-likeness (QED) is 0.445. The molecular formula is C24H28N6O4S. The van der Waals surface area contributed by atoms with E-state index >= 15 is 0 Å². The van der Waals surface area contributed by atoms with Gasteiger partial charge in [-0.1, -0.05) is 0 Å². The molecule has 11 heteroatoms. The van der Waals surface area contributed by atoms with Gasteiger partial charge in [0.15, 0.2) is 0 Å². The predicted octanol–water partition coefficient (Wildman–Crippen LogP) is 1.51. The van der Waals surface area contributed by atoms with Crippen LogP contribution in [0.2, 0.25) is 0 Å². The first-order valence-corrected chi connectivity index (χ1v) is 12.6. The molecule has 2 aliphatic heterocycles. The summed E-state index contributed by atoms with van der Waals surface area (Å²) in [6, 6.07) is 10.7. The van der Waals surface area contributed by atoms with Gasteiger partial charge in [-0.3, -0.25) is 14.2 Å². The average molecular weight is 497 g/mol. The number of ether oxygens (including phenoxy) is 2. The second-order valence-electron chi connectivity index (χ2n) is 8.73. The summed E-state index contributed by atoms with van der Waals surface area (Å²) in [4.78, 5) is 34.2. The number of hydrogen-bond donors (Lipinski definition) is 3. The van der Waals surface area contributed by atoms with Crippen LogP contribution < -0.4 is 26.7 Å². The van der Waals surface area contributed by atoms with Crippen LogP contribution >= 0.6 is 11.8 Å². The van der Waals surface area contributed by atoms with Gasteiger partial charge in [-0.15, -0.1) is 11.8 Å². The number of carbonyl (C=O) groups excluding carboxylic acids is 1. The van der Waals surface area contributed by atoms with E-state index in [1.165, 1.54) is 17.8 Å². The Bertz CT molecular complexity index is 1290. The first-order chi connectivity index (χ1) is 17.0. The molecule has 1 amide bonds. The van der Waals surface area contributed by atoms with Crippen LogP contribution in [-0.2, 0) is 22.6 Å². The normalized spacial score (nSPS) is 20.8. The molecular weight excluding hydrogens is 468 g/mol. The second kappa shape index (κ2) is 10.3. The van der Waals surface area contributed by atoms with E-state index in [1.54, 1.807) is 23.8 Å². The minimum Gasteiger partial charge on any atom is -0.481 e. The van der Waals surface area contributed by atoms with Gasteiger partial charge < -0.3 is 25.8 Å². The van der Waals surface area contributed by atoms with Gasteiger partial charge >= 0.3 is 0 Å². The van der Waals surface area contributed by atoms with Gasteiger partial charge in [0.05, 0.1) is 36.2 Å². The van der Waals surface area contributed by atoms with Gasteiger partial charge in [0.25, 0.3) is 5.56 Å². The molecule has 2 aliphatic rings. The minimum atomic E-state index is -0.351. The number of amides is 1. The monoisotopic (exact) mass is 496 g/mol. The fraction of sp³-hybridized carbons (Fsp3) is 0.417. The molecule has 35 heavy (non-hydrogen) atoms. The summed E-state index contributed by atoms with van der Waals surface area (Å²) in [7, 11) is 1.55. The van der Waals surface area contributed by atoms with Crippen LogP contribution in [0.5, 0.6) is 5.88 Å². The number of rotatable bonds is 7. The number of anilines is 1. The summed E-state index contributed by atoms with van der Waals surface area (Å²) in [6.45, 7) is 1.41. The molecule has 0 unspecified atom stereocenters. The smallest absolute Gasteiger partial charge is 0.252 e. The van der Waals surface area contributed by atoms with Crippen molar-refractivity contribution in [2.45, 2.75) is 49.0 Å². The molecule has 0 aromatic carbocycles. The first kappa shape index (κ1) is 23.7. The van der Waals surface area contributed by atoms with Crippen molar-refractivity contribution in [3.05, 3.63) is 52.4 Å². The number of nitrogens with one attached hydrogen (secondary N) is 2. The fourth-order valence-electron chi connectivity index (χ4n) is 4.38. The van der Waals surface area contributed by atoms with E-state index in [0.29, 0.717) is 42.8 Å². The lowest BCUT2D eigenvalue weighted by molar-refractivity contribution is -0.113. The second-order valence-corrected chi connectivity index (χ2v) is 9.74. The van der Waals surface area contributed by atoms with Gasteiger partial charge in [-0.2, -0.15) is 4.98 Å². The highest BCUT2D eigenvalue weighted by molar-refractivity contribution is 8.00. The number of carbonyl (C=O) groups is 1. The summed E-state index contributed by atoms with van der Waals surface area (Å²) in [5.41, 5.74) is 7.75. The van der Waals surface area contributed by atoms with Crippen LogP contribution in [0.3, 0.4) is 0 Å². The summed E-state index contributed by atoms with van der Waals surface area (Å²) >= 11 is 1.50. The Morgan fingerprint density at radius 3 is 2.89 bits per heavy atom.